The molecule has 3 fully saturated rings. The number of rotatable bonds is 14. The quantitative estimate of drug-likeness (QED) is 0.281. The maximum atomic E-state index is 13.7. The first-order valence-electron chi connectivity index (χ1n) is 14.7. The third kappa shape index (κ3) is 8.98. The van der Waals surface area contributed by atoms with Crippen LogP contribution in [0.4, 0.5) is 0 Å². The number of Topliss-reactive ketones (excluding diaryl/α,β-unsaturated/α-hetero) is 1. The van der Waals surface area contributed by atoms with Crippen LogP contribution in [-0.2, 0) is 35.1 Å². The van der Waals surface area contributed by atoms with E-state index >= 15 is 0 Å². The average molecular weight is 573 g/mol. The number of carbonyl (C=O) groups excluding carboxylic acids is 4. The second kappa shape index (κ2) is 14.2. The summed E-state index contributed by atoms with van der Waals surface area (Å²) in [5.74, 6) is -0.286. The number of carbonyl (C=O) groups is 4. The summed E-state index contributed by atoms with van der Waals surface area (Å²) in [5, 5.41) is 8.51. The molecule has 3 amide bonds. The number of morpholine rings is 1. The molecule has 3 N–H and O–H groups in total. The molecule has 226 valence electrons. The smallest absolute Gasteiger partial charge is 0.243 e. The Labute approximate surface area is 242 Å². The van der Waals surface area contributed by atoms with Crippen molar-refractivity contribution in [3.63, 3.8) is 0 Å². The molecule has 2 saturated heterocycles. The van der Waals surface area contributed by atoms with Crippen molar-refractivity contribution in [2.75, 3.05) is 46.6 Å². The molecule has 1 aromatic carbocycles. The fourth-order valence-electron chi connectivity index (χ4n) is 5.52. The van der Waals surface area contributed by atoms with E-state index in [1.165, 1.54) is 0 Å². The zero-order valence-corrected chi connectivity index (χ0v) is 24.4. The summed E-state index contributed by atoms with van der Waals surface area (Å²) < 4.78 is 16.0. The predicted molar refractivity (Wildman–Crippen MR) is 151 cm³/mol. The van der Waals surface area contributed by atoms with Crippen LogP contribution in [0.25, 0.3) is 0 Å². The van der Waals surface area contributed by atoms with Crippen molar-refractivity contribution in [1.82, 2.24) is 20.9 Å². The van der Waals surface area contributed by atoms with Crippen molar-refractivity contribution in [3.05, 3.63) is 29.8 Å². The molecule has 0 spiro atoms. The zero-order valence-electron chi connectivity index (χ0n) is 24.4. The first-order valence-corrected chi connectivity index (χ1v) is 14.7. The third-order valence-electron chi connectivity index (χ3n) is 8.25. The van der Waals surface area contributed by atoms with Crippen LogP contribution in [0.15, 0.2) is 24.3 Å². The van der Waals surface area contributed by atoms with E-state index in [2.05, 4.69) is 16.0 Å². The SMILES string of the molecule is COc1ccc(C[C@H](NC(=O)[C@H](C)NC(=O)CN2CCOCC2)C(=O)N[C@@H](CC2CCCC2)C(=O)[C@]2(C)CO2)cc1. The van der Waals surface area contributed by atoms with Gasteiger partial charge >= 0.3 is 0 Å². The summed E-state index contributed by atoms with van der Waals surface area (Å²) in [6, 6.07) is 4.74. The van der Waals surface area contributed by atoms with Gasteiger partial charge in [-0.25, -0.2) is 0 Å². The summed E-state index contributed by atoms with van der Waals surface area (Å²) in [6.45, 7) is 6.31. The lowest BCUT2D eigenvalue weighted by Gasteiger charge is -2.27. The van der Waals surface area contributed by atoms with Gasteiger partial charge in [0.05, 0.1) is 39.5 Å². The monoisotopic (exact) mass is 572 g/mol. The molecule has 4 rings (SSSR count). The Bertz CT molecular complexity index is 1060. The minimum Gasteiger partial charge on any atom is -0.497 e. The molecule has 11 nitrogen and oxygen atoms in total. The molecular formula is C30H44N4O7. The van der Waals surface area contributed by atoms with Crippen LogP contribution in [0.2, 0.25) is 0 Å². The molecule has 1 saturated carbocycles. The molecule has 3 aliphatic rings. The largest absolute Gasteiger partial charge is 0.497 e. The van der Waals surface area contributed by atoms with Gasteiger partial charge in [-0.3, -0.25) is 24.1 Å². The van der Waals surface area contributed by atoms with Crippen molar-refractivity contribution in [3.8, 4) is 5.75 Å². The van der Waals surface area contributed by atoms with Crippen LogP contribution in [0, 0.1) is 5.92 Å². The number of hydrogen-bond donors (Lipinski definition) is 3. The van der Waals surface area contributed by atoms with Crippen molar-refractivity contribution in [1.29, 1.82) is 0 Å². The first kappa shape index (κ1) is 30.9. The normalized spacial score (nSPS) is 23.2. The molecule has 2 heterocycles. The Hall–Kier alpha value is -3.02. The number of benzene rings is 1. The molecule has 1 aromatic rings. The average Bonchev–Trinajstić information content (AvgIpc) is 3.51. The van der Waals surface area contributed by atoms with Crippen LogP contribution in [-0.4, -0.2) is 98.7 Å². The second-order valence-corrected chi connectivity index (χ2v) is 11.6. The van der Waals surface area contributed by atoms with E-state index in [4.69, 9.17) is 14.2 Å². The highest BCUT2D eigenvalue weighted by Gasteiger charge is 2.50. The van der Waals surface area contributed by atoms with Crippen molar-refractivity contribution in [2.24, 2.45) is 5.92 Å². The minimum absolute atomic E-state index is 0.129. The van der Waals surface area contributed by atoms with Crippen LogP contribution in [0.1, 0.15) is 51.5 Å². The fourth-order valence-corrected chi connectivity index (χ4v) is 5.52. The van der Waals surface area contributed by atoms with Gasteiger partial charge in [-0.15, -0.1) is 0 Å². The molecule has 41 heavy (non-hydrogen) atoms. The number of hydrogen-bond acceptors (Lipinski definition) is 8. The molecule has 4 atom stereocenters. The molecule has 0 aromatic heterocycles. The maximum absolute atomic E-state index is 13.7. The van der Waals surface area contributed by atoms with Crippen LogP contribution < -0.4 is 20.7 Å². The van der Waals surface area contributed by atoms with Crippen LogP contribution in [0.3, 0.4) is 0 Å². The number of ketones is 1. The third-order valence-corrected chi connectivity index (χ3v) is 8.25. The maximum Gasteiger partial charge on any atom is 0.243 e. The van der Waals surface area contributed by atoms with E-state index < -0.39 is 35.5 Å². The Morgan fingerprint density at radius 3 is 2.24 bits per heavy atom. The van der Waals surface area contributed by atoms with E-state index in [-0.39, 0.29) is 24.7 Å². The number of amides is 3. The first-order chi connectivity index (χ1) is 19.7. The number of epoxide rings is 1. The number of ether oxygens (including phenoxy) is 3. The van der Waals surface area contributed by atoms with Gasteiger partial charge in [-0.05, 0) is 43.9 Å². The topological polar surface area (TPSA) is 139 Å². The van der Waals surface area contributed by atoms with E-state index in [0.717, 1.165) is 31.2 Å². The van der Waals surface area contributed by atoms with Crippen LogP contribution in [0.5, 0.6) is 5.75 Å². The minimum atomic E-state index is -0.957. The zero-order chi connectivity index (χ0) is 29.4. The van der Waals surface area contributed by atoms with E-state index in [0.29, 0.717) is 51.0 Å². The molecule has 0 bridgehead atoms. The lowest BCUT2D eigenvalue weighted by atomic mass is 9.90. The van der Waals surface area contributed by atoms with Gasteiger partial charge in [0, 0.05) is 19.5 Å². The Morgan fingerprint density at radius 1 is 1.00 bits per heavy atom. The summed E-state index contributed by atoms with van der Waals surface area (Å²) >= 11 is 0. The standard InChI is InChI=1S/C30H44N4O7/c1-20(31-26(35)18-34-12-14-40-15-13-34)28(37)33-25(17-22-8-10-23(39-3)11-9-22)29(38)32-24(16-21-6-4-5-7-21)27(36)30(2)19-41-30/h8-11,20-21,24-25H,4-7,12-19H2,1-3H3,(H,31,35)(H,32,38)(H,33,37)/t20-,24-,25-,30-/m0/s1. The fraction of sp³-hybridized carbons (Fsp3) is 0.667. The van der Waals surface area contributed by atoms with Crippen molar-refractivity contribution in [2.45, 2.75) is 76.1 Å². The predicted octanol–water partition coefficient (Wildman–Crippen LogP) is 0.983. The highest BCUT2D eigenvalue weighted by Crippen LogP contribution is 2.33. The highest BCUT2D eigenvalue weighted by molar-refractivity contribution is 5.98. The van der Waals surface area contributed by atoms with E-state index in [9.17, 15) is 19.2 Å². The molecule has 0 unspecified atom stereocenters. The van der Waals surface area contributed by atoms with E-state index in [1.807, 2.05) is 17.0 Å². The molecule has 1 aliphatic carbocycles. The van der Waals surface area contributed by atoms with Crippen LogP contribution >= 0.6 is 0 Å². The van der Waals surface area contributed by atoms with Gasteiger partial charge in [0.1, 0.15) is 23.4 Å². The van der Waals surface area contributed by atoms with Gasteiger partial charge in [0.15, 0.2) is 5.78 Å². The summed E-state index contributed by atoms with van der Waals surface area (Å²) in [6.07, 6.45) is 5.07. The van der Waals surface area contributed by atoms with E-state index in [1.54, 1.807) is 33.1 Å². The Kier molecular flexibility index (Phi) is 10.7. The summed E-state index contributed by atoms with van der Waals surface area (Å²) in [7, 11) is 1.58. The summed E-state index contributed by atoms with van der Waals surface area (Å²) in [4.78, 5) is 54.8. The van der Waals surface area contributed by atoms with Crippen molar-refractivity contribution >= 4 is 23.5 Å². The number of nitrogens with zero attached hydrogens (tertiary/aromatic N) is 1. The van der Waals surface area contributed by atoms with Gasteiger partial charge in [-0.2, -0.15) is 0 Å². The van der Waals surface area contributed by atoms with Gasteiger partial charge in [0.2, 0.25) is 17.7 Å². The van der Waals surface area contributed by atoms with Gasteiger partial charge in [-0.1, -0.05) is 37.8 Å². The molecule has 0 radical (unpaired) electrons. The number of nitrogens with one attached hydrogen (secondary N) is 3. The summed E-state index contributed by atoms with van der Waals surface area (Å²) in [5.41, 5.74) is -0.0590. The Balaban J connectivity index is 1.43. The lowest BCUT2D eigenvalue weighted by molar-refractivity contribution is -0.134. The highest BCUT2D eigenvalue weighted by atomic mass is 16.6. The lowest BCUT2D eigenvalue weighted by Crippen LogP contribution is -2.57. The number of methoxy groups -OCH3 is 1. The molecule has 2 aliphatic heterocycles. The Morgan fingerprint density at radius 2 is 1.63 bits per heavy atom. The second-order valence-electron chi connectivity index (χ2n) is 11.6. The van der Waals surface area contributed by atoms with Crippen molar-refractivity contribution < 1.29 is 33.4 Å². The van der Waals surface area contributed by atoms with Gasteiger partial charge in [0.25, 0.3) is 0 Å². The molecular weight excluding hydrogens is 528 g/mol. The van der Waals surface area contributed by atoms with Gasteiger partial charge < -0.3 is 30.2 Å². The molecule has 11 heteroatoms.